The molecule has 7 nitrogen and oxygen atoms in total. The molecule has 0 aromatic heterocycles. The lowest BCUT2D eigenvalue weighted by molar-refractivity contribution is -0.140. The van der Waals surface area contributed by atoms with Crippen LogP contribution in [0.25, 0.3) is 0 Å². The lowest BCUT2D eigenvalue weighted by atomic mass is 9.60. The fraction of sp³-hybridized carbons (Fsp3) is 0.905. The van der Waals surface area contributed by atoms with Crippen LogP contribution in [0, 0.1) is 0 Å². The van der Waals surface area contributed by atoms with E-state index < -0.39 is 28.7 Å². The SMILES string of the molecule is CC1NCC(C(=O)NC23CCC(NC(=O)COC4CCC(Cl)C(F)C4)(CC2)C(O)C3)S1. The molecule has 0 aromatic carbocycles. The molecule has 31 heavy (non-hydrogen) atoms. The summed E-state index contributed by atoms with van der Waals surface area (Å²) in [7, 11) is 0. The third-order valence-corrected chi connectivity index (χ3v) is 9.22. The number of rotatable bonds is 6. The predicted molar refractivity (Wildman–Crippen MR) is 118 cm³/mol. The van der Waals surface area contributed by atoms with Gasteiger partial charge in [0.15, 0.2) is 0 Å². The number of amides is 2. The molecule has 2 bridgehead atoms. The second-order valence-corrected chi connectivity index (χ2v) is 11.8. The zero-order valence-electron chi connectivity index (χ0n) is 17.9. The first-order chi connectivity index (χ1) is 14.7. The van der Waals surface area contributed by atoms with Gasteiger partial charge in [-0.1, -0.05) is 0 Å². The first kappa shape index (κ1) is 23.5. The van der Waals surface area contributed by atoms with E-state index in [0.717, 1.165) is 12.8 Å². The molecule has 176 valence electrons. The van der Waals surface area contributed by atoms with E-state index in [4.69, 9.17) is 16.3 Å². The molecule has 4 N–H and O–H groups in total. The van der Waals surface area contributed by atoms with Crippen LogP contribution < -0.4 is 16.0 Å². The molecule has 0 spiro atoms. The van der Waals surface area contributed by atoms with E-state index in [0.29, 0.717) is 38.6 Å². The Hall–Kier alpha value is -0.610. The Kier molecular flexibility index (Phi) is 7.09. The summed E-state index contributed by atoms with van der Waals surface area (Å²) in [5, 5.41) is 20.1. The smallest absolute Gasteiger partial charge is 0.246 e. The fourth-order valence-electron chi connectivity index (χ4n) is 5.48. The summed E-state index contributed by atoms with van der Waals surface area (Å²) in [4.78, 5) is 25.3. The van der Waals surface area contributed by atoms with Crippen molar-refractivity contribution in [2.75, 3.05) is 13.2 Å². The minimum Gasteiger partial charge on any atom is -0.391 e. The molecule has 6 unspecified atom stereocenters. The highest BCUT2D eigenvalue weighted by molar-refractivity contribution is 8.01. The number of nitrogens with one attached hydrogen (secondary N) is 3. The van der Waals surface area contributed by atoms with Crippen LogP contribution in [-0.2, 0) is 14.3 Å². The molecule has 1 aliphatic heterocycles. The van der Waals surface area contributed by atoms with Gasteiger partial charge in [-0.3, -0.25) is 9.59 Å². The summed E-state index contributed by atoms with van der Waals surface area (Å²) in [5.41, 5.74) is -1.08. The lowest BCUT2D eigenvalue weighted by Crippen LogP contribution is -2.70. The van der Waals surface area contributed by atoms with Crippen LogP contribution in [0.1, 0.15) is 58.3 Å². The Balaban J connectivity index is 1.26. The van der Waals surface area contributed by atoms with Crippen molar-refractivity contribution in [3.05, 3.63) is 0 Å². The maximum absolute atomic E-state index is 13.8. The zero-order chi connectivity index (χ0) is 22.2. The number of aliphatic hydroxyl groups is 1. The Morgan fingerprint density at radius 3 is 2.61 bits per heavy atom. The van der Waals surface area contributed by atoms with Crippen molar-refractivity contribution in [3.63, 3.8) is 0 Å². The summed E-state index contributed by atoms with van der Waals surface area (Å²) in [6.07, 6.45) is 2.36. The van der Waals surface area contributed by atoms with Gasteiger partial charge in [-0.25, -0.2) is 4.39 Å². The maximum atomic E-state index is 13.8. The Morgan fingerprint density at radius 2 is 2.00 bits per heavy atom. The van der Waals surface area contributed by atoms with E-state index >= 15 is 0 Å². The van der Waals surface area contributed by atoms with Crippen LogP contribution in [0.15, 0.2) is 0 Å². The average Bonchev–Trinajstić information content (AvgIpc) is 3.17. The van der Waals surface area contributed by atoms with Gasteiger partial charge in [0.2, 0.25) is 11.8 Å². The van der Waals surface area contributed by atoms with Gasteiger partial charge in [-0.15, -0.1) is 23.4 Å². The van der Waals surface area contributed by atoms with Crippen molar-refractivity contribution >= 4 is 35.2 Å². The molecule has 0 aromatic rings. The van der Waals surface area contributed by atoms with Crippen molar-refractivity contribution in [2.45, 2.75) is 104 Å². The molecule has 5 rings (SSSR count). The van der Waals surface area contributed by atoms with Crippen molar-refractivity contribution in [2.24, 2.45) is 0 Å². The Labute approximate surface area is 191 Å². The maximum Gasteiger partial charge on any atom is 0.246 e. The summed E-state index contributed by atoms with van der Waals surface area (Å²) < 4.78 is 19.4. The summed E-state index contributed by atoms with van der Waals surface area (Å²) >= 11 is 7.52. The monoisotopic (exact) mass is 477 g/mol. The van der Waals surface area contributed by atoms with Gasteiger partial charge in [0.05, 0.1) is 33.7 Å². The van der Waals surface area contributed by atoms with Crippen LogP contribution in [0.4, 0.5) is 4.39 Å². The molecule has 4 aliphatic carbocycles. The lowest BCUT2D eigenvalue weighted by Gasteiger charge is -2.56. The summed E-state index contributed by atoms with van der Waals surface area (Å²) in [6, 6.07) is 0. The third-order valence-electron chi connectivity index (χ3n) is 7.44. The molecule has 1 saturated heterocycles. The zero-order valence-corrected chi connectivity index (χ0v) is 19.4. The highest BCUT2D eigenvalue weighted by Crippen LogP contribution is 2.47. The van der Waals surface area contributed by atoms with Crippen LogP contribution >= 0.6 is 23.4 Å². The average molecular weight is 478 g/mol. The van der Waals surface area contributed by atoms with Gasteiger partial charge in [0.25, 0.3) is 0 Å². The summed E-state index contributed by atoms with van der Waals surface area (Å²) in [5.74, 6) is -0.262. The third kappa shape index (κ3) is 5.16. The normalized spacial score (nSPS) is 44.8. The van der Waals surface area contributed by atoms with Gasteiger partial charge in [0, 0.05) is 18.5 Å². The molecule has 4 saturated carbocycles. The fourth-order valence-corrected chi connectivity index (χ4v) is 6.76. The molecular formula is C21H33ClFN3O4S. The molecule has 5 aliphatic rings. The first-order valence-electron chi connectivity index (χ1n) is 11.3. The molecule has 10 heteroatoms. The van der Waals surface area contributed by atoms with E-state index in [1.165, 1.54) is 0 Å². The highest BCUT2D eigenvalue weighted by atomic mass is 35.5. The quantitative estimate of drug-likeness (QED) is 0.434. The highest BCUT2D eigenvalue weighted by Gasteiger charge is 2.55. The molecule has 1 heterocycles. The van der Waals surface area contributed by atoms with Gasteiger partial charge >= 0.3 is 0 Å². The van der Waals surface area contributed by atoms with Crippen molar-refractivity contribution < 1.29 is 23.8 Å². The van der Waals surface area contributed by atoms with E-state index in [-0.39, 0.29) is 41.6 Å². The first-order valence-corrected chi connectivity index (χ1v) is 12.7. The number of carbonyl (C=O) groups excluding carboxylic acids is 2. The minimum absolute atomic E-state index is 0.0266. The van der Waals surface area contributed by atoms with Crippen molar-refractivity contribution in [1.82, 2.24) is 16.0 Å². The standard InChI is InChI=1S/C21H33ClFN3O4S/c1-12-24-10-16(31-12)19(29)26-20-4-6-21(7-5-20,17(27)9-20)25-18(28)11-30-13-2-3-14(22)15(23)8-13/h12-17,24,27H,2-11H2,1H3,(H,25,28)(H,26,29). The van der Waals surface area contributed by atoms with E-state index in [1.54, 1.807) is 11.8 Å². The van der Waals surface area contributed by atoms with Crippen molar-refractivity contribution in [1.29, 1.82) is 0 Å². The topological polar surface area (TPSA) is 99.7 Å². The molecular weight excluding hydrogens is 445 g/mol. The van der Waals surface area contributed by atoms with E-state index in [9.17, 15) is 19.1 Å². The number of alkyl halides is 2. The Morgan fingerprint density at radius 1 is 1.26 bits per heavy atom. The number of halogens is 2. The largest absolute Gasteiger partial charge is 0.391 e. The Bertz CT molecular complexity index is 694. The van der Waals surface area contributed by atoms with Gasteiger partial charge in [-0.05, 0) is 51.9 Å². The van der Waals surface area contributed by atoms with Gasteiger partial charge < -0.3 is 25.8 Å². The predicted octanol–water partition coefficient (Wildman–Crippen LogP) is 1.60. The number of aliphatic hydroxyl groups excluding tert-OH is 1. The number of ether oxygens (including phenoxy) is 1. The van der Waals surface area contributed by atoms with E-state index in [1.807, 2.05) is 6.92 Å². The molecule has 5 fully saturated rings. The second-order valence-electron chi connectivity index (χ2n) is 9.65. The number of hydrogen-bond acceptors (Lipinski definition) is 6. The number of hydrogen-bond donors (Lipinski definition) is 4. The van der Waals surface area contributed by atoms with E-state index in [2.05, 4.69) is 16.0 Å². The second kappa shape index (κ2) is 9.33. The molecule has 2 amide bonds. The number of fused-ring (bicyclic) bond motifs is 3. The van der Waals surface area contributed by atoms with Gasteiger partial charge in [-0.2, -0.15) is 0 Å². The summed E-state index contributed by atoms with van der Waals surface area (Å²) in [6.45, 7) is 2.55. The van der Waals surface area contributed by atoms with Crippen LogP contribution in [-0.4, -0.2) is 75.5 Å². The van der Waals surface area contributed by atoms with Crippen molar-refractivity contribution in [3.8, 4) is 0 Å². The number of thioether (sulfide) groups is 1. The number of carbonyl (C=O) groups is 2. The van der Waals surface area contributed by atoms with Crippen LogP contribution in [0.2, 0.25) is 0 Å². The molecule has 0 radical (unpaired) electrons. The van der Waals surface area contributed by atoms with Crippen LogP contribution in [0.5, 0.6) is 0 Å². The van der Waals surface area contributed by atoms with Crippen LogP contribution in [0.3, 0.4) is 0 Å². The van der Waals surface area contributed by atoms with Gasteiger partial charge in [0.1, 0.15) is 12.8 Å². The molecule has 6 atom stereocenters. The minimum atomic E-state index is -1.11.